The zero-order valence-electron chi connectivity index (χ0n) is 21.0. The largest absolute Gasteiger partial charge is 0.337 e. The lowest BCUT2D eigenvalue weighted by Crippen LogP contribution is -2.42. The van der Waals surface area contributed by atoms with Gasteiger partial charge in [0.15, 0.2) is 0 Å². The van der Waals surface area contributed by atoms with Crippen molar-refractivity contribution in [2.75, 3.05) is 0 Å². The van der Waals surface area contributed by atoms with Crippen molar-refractivity contribution in [1.29, 1.82) is 5.26 Å². The normalized spacial score (nSPS) is 10.9. The smallest absolute Gasteiger partial charge is 0.213 e. The fourth-order valence-electron chi connectivity index (χ4n) is 3.84. The van der Waals surface area contributed by atoms with E-state index in [9.17, 15) is 0 Å². The van der Waals surface area contributed by atoms with Gasteiger partial charge in [0.25, 0.3) is 0 Å². The fraction of sp³-hybridized carbons (Fsp3) is 0.379. The van der Waals surface area contributed by atoms with Crippen molar-refractivity contribution in [1.82, 2.24) is 9.55 Å². The molecule has 0 aliphatic heterocycles. The average Bonchev–Trinajstić information content (AvgIpc) is 3.36. The first kappa shape index (κ1) is 27.5. The van der Waals surface area contributed by atoms with Gasteiger partial charge < -0.3 is 4.57 Å². The molecule has 5 heteroatoms. The van der Waals surface area contributed by atoms with Crippen molar-refractivity contribution in [3.8, 4) is 6.07 Å². The van der Waals surface area contributed by atoms with Crippen LogP contribution in [-0.2, 0) is 6.54 Å². The molecule has 3 rings (SSSR count). The molecule has 178 valence electrons. The predicted octanol–water partition coefficient (Wildman–Crippen LogP) is 6.87. The van der Waals surface area contributed by atoms with Gasteiger partial charge in [0, 0.05) is 25.4 Å². The Morgan fingerprint density at radius 1 is 1.00 bits per heavy atom. The maximum atomic E-state index is 8.25. The molecule has 0 radical (unpaired) electrons. The highest BCUT2D eigenvalue weighted by molar-refractivity contribution is 6.85. The van der Waals surface area contributed by atoms with Crippen molar-refractivity contribution in [3.05, 3.63) is 90.0 Å². The molecular weight excluding hydrogens is 437 g/mol. The molecule has 3 nitrogen and oxygen atoms in total. The van der Waals surface area contributed by atoms with E-state index in [1.165, 1.54) is 22.1 Å². The van der Waals surface area contributed by atoms with Crippen LogP contribution < -0.4 is 10.9 Å². The summed E-state index contributed by atoms with van der Waals surface area (Å²) in [5, 5.41) is 8.25. The standard InChI is InChI=1S/C21H26BCl.C8H11N3/c1-16(2)18-8-5-10-20(14-18)22(12-7-13-23)21-11-6-9-19(15-21)17(3)4;9-4-2-1-3-6-11-7-5-10-8-11/h5-11,13-17H,12H2,1-4H3;5,7-8H,1-3,6H2. The molecule has 34 heavy (non-hydrogen) atoms. The van der Waals surface area contributed by atoms with Gasteiger partial charge in [-0.1, -0.05) is 105 Å². The van der Waals surface area contributed by atoms with Gasteiger partial charge in [-0.3, -0.25) is 0 Å². The monoisotopic (exact) mass is 473 g/mol. The van der Waals surface area contributed by atoms with Crippen molar-refractivity contribution in [2.45, 2.75) is 71.7 Å². The second kappa shape index (κ2) is 15.2. The third-order valence-electron chi connectivity index (χ3n) is 5.93. The molecule has 0 unspecified atom stereocenters. The molecule has 0 spiro atoms. The molecule has 0 N–H and O–H groups in total. The minimum absolute atomic E-state index is 0.349. The van der Waals surface area contributed by atoms with Crippen LogP contribution in [0.4, 0.5) is 0 Å². The minimum Gasteiger partial charge on any atom is -0.337 e. The first-order valence-electron chi connectivity index (χ1n) is 12.2. The van der Waals surface area contributed by atoms with Gasteiger partial charge in [-0.05, 0) is 47.7 Å². The summed E-state index contributed by atoms with van der Waals surface area (Å²) in [5.41, 5.74) is 7.15. The lowest BCUT2D eigenvalue weighted by Gasteiger charge is -2.17. The summed E-state index contributed by atoms with van der Waals surface area (Å²) in [6, 6.07) is 20.1. The number of nitrogens with zero attached hydrogens (tertiary/aromatic N) is 3. The van der Waals surface area contributed by atoms with Gasteiger partial charge in [0.05, 0.1) is 12.4 Å². The Morgan fingerprint density at radius 3 is 2.09 bits per heavy atom. The van der Waals surface area contributed by atoms with E-state index in [1.54, 1.807) is 18.1 Å². The number of hydrogen-bond donors (Lipinski definition) is 0. The molecule has 0 saturated heterocycles. The van der Waals surface area contributed by atoms with Gasteiger partial charge in [0.2, 0.25) is 6.71 Å². The van der Waals surface area contributed by atoms with E-state index in [0.717, 1.165) is 25.7 Å². The van der Waals surface area contributed by atoms with Gasteiger partial charge in [0.1, 0.15) is 0 Å². The second-order valence-electron chi connectivity index (χ2n) is 9.22. The van der Waals surface area contributed by atoms with Crippen molar-refractivity contribution in [2.24, 2.45) is 0 Å². The summed E-state index contributed by atoms with van der Waals surface area (Å²) in [7, 11) is 0. The highest BCUT2D eigenvalue weighted by Crippen LogP contribution is 2.15. The summed E-state index contributed by atoms with van der Waals surface area (Å²) in [6.07, 6.45) is 11.2. The Kier molecular flexibility index (Phi) is 12.3. The topological polar surface area (TPSA) is 41.6 Å². The molecule has 1 aromatic heterocycles. The third-order valence-corrected chi connectivity index (χ3v) is 6.11. The molecule has 0 amide bonds. The molecule has 0 bridgehead atoms. The summed E-state index contributed by atoms with van der Waals surface area (Å²) in [5.74, 6) is 1.09. The Hall–Kier alpha value is -2.77. The Morgan fingerprint density at radius 2 is 1.62 bits per heavy atom. The molecule has 3 aromatic rings. The molecule has 0 atom stereocenters. The maximum Gasteiger partial charge on any atom is 0.213 e. The van der Waals surface area contributed by atoms with E-state index in [4.69, 9.17) is 16.9 Å². The quantitative estimate of drug-likeness (QED) is 0.238. The van der Waals surface area contributed by atoms with Crippen LogP contribution in [0.15, 0.2) is 78.9 Å². The number of aromatic nitrogens is 2. The highest BCUT2D eigenvalue weighted by atomic mass is 35.5. The number of allylic oxidation sites excluding steroid dienone is 1. The van der Waals surface area contributed by atoms with Crippen LogP contribution >= 0.6 is 11.6 Å². The molecule has 0 fully saturated rings. The van der Waals surface area contributed by atoms with Gasteiger partial charge in [-0.15, -0.1) is 0 Å². The predicted molar refractivity (Wildman–Crippen MR) is 148 cm³/mol. The Bertz CT molecular complexity index is 984. The van der Waals surface area contributed by atoms with Crippen LogP contribution in [-0.4, -0.2) is 16.3 Å². The lowest BCUT2D eigenvalue weighted by molar-refractivity contribution is 0.616. The van der Waals surface area contributed by atoms with Gasteiger partial charge in [-0.25, -0.2) is 4.98 Å². The number of halogens is 1. The van der Waals surface area contributed by atoms with Crippen molar-refractivity contribution in [3.63, 3.8) is 0 Å². The summed E-state index contributed by atoms with van der Waals surface area (Å²) < 4.78 is 2.03. The number of aryl methyl sites for hydroxylation is 1. The number of rotatable bonds is 10. The van der Waals surface area contributed by atoms with Crippen LogP contribution in [0.25, 0.3) is 0 Å². The van der Waals surface area contributed by atoms with Crippen LogP contribution in [0.2, 0.25) is 6.32 Å². The number of benzene rings is 2. The van der Waals surface area contributed by atoms with Crippen molar-refractivity contribution >= 4 is 29.2 Å². The maximum absolute atomic E-state index is 8.25. The number of hydrogen-bond acceptors (Lipinski definition) is 2. The van der Waals surface area contributed by atoms with Crippen LogP contribution in [0.5, 0.6) is 0 Å². The number of nitriles is 1. The molecule has 1 heterocycles. The zero-order valence-corrected chi connectivity index (χ0v) is 21.7. The summed E-state index contributed by atoms with van der Waals surface area (Å²) in [4.78, 5) is 3.92. The Balaban J connectivity index is 0.000000310. The Labute approximate surface area is 211 Å². The minimum atomic E-state index is 0.349. The molecule has 0 aliphatic carbocycles. The molecule has 0 saturated carbocycles. The van der Waals surface area contributed by atoms with Crippen LogP contribution in [0.1, 0.15) is 69.9 Å². The molecule has 0 aliphatic rings. The number of unbranched alkanes of at least 4 members (excludes halogenated alkanes) is 2. The number of imidazole rings is 1. The first-order valence-corrected chi connectivity index (χ1v) is 12.7. The summed E-state index contributed by atoms with van der Waals surface area (Å²) in [6.45, 7) is 10.3. The summed E-state index contributed by atoms with van der Waals surface area (Å²) >= 11 is 5.80. The van der Waals surface area contributed by atoms with E-state index in [-0.39, 0.29) is 0 Å². The average molecular weight is 474 g/mol. The van der Waals surface area contributed by atoms with Gasteiger partial charge >= 0.3 is 0 Å². The SMILES string of the molecule is CC(C)c1cccc(B(CC=CCl)c2cccc(C(C)C)c2)c1.N#CCCCCn1ccnc1. The molecular formula is C29H37BClN3. The fourth-order valence-corrected chi connectivity index (χ4v) is 3.94. The van der Waals surface area contributed by atoms with E-state index in [0.29, 0.717) is 25.0 Å². The van der Waals surface area contributed by atoms with Gasteiger partial charge in [-0.2, -0.15) is 5.26 Å². The van der Waals surface area contributed by atoms with E-state index >= 15 is 0 Å². The molecule has 2 aromatic carbocycles. The van der Waals surface area contributed by atoms with Crippen LogP contribution in [0, 0.1) is 11.3 Å². The zero-order chi connectivity index (χ0) is 24.8. The van der Waals surface area contributed by atoms with E-state index in [2.05, 4.69) is 93.4 Å². The van der Waals surface area contributed by atoms with E-state index < -0.39 is 0 Å². The van der Waals surface area contributed by atoms with Crippen LogP contribution in [0.3, 0.4) is 0 Å². The third kappa shape index (κ3) is 9.24. The first-order chi connectivity index (χ1) is 16.5. The second-order valence-corrected chi connectivity index (χ2v) is 9.47. The van der Waals surface area contributed by atoms with E-state index in [1.807, 2.05) is 10.8 Å². The lowest BCUT2D eigenvalue weighted by atomic mass is 9.38. The van der Waals surface area contributed by atoms with Crippen molar-refractivity contribution < 1.29 is 0 Å². The highest BCUT2D eigenvalue weighted by Gasteiger charge is 2.19.